The van der Waals surface area contributed by atoms with E-state index in [1.807, 2.05) is 6.07 Å². The maximum Gasteiger partial charge on any atom is 0.234 e. The number of carbonyl (C=O) groups is 1. The fourth-order valence-electron chi connectivity index (χ4n) is 3.19. The van der Waals surface area contributed by atoms with Gasteiger partial charge in [0.2, 0.25) is 31.8 Å². The highest BCUT2D eigenvalue weighted by atomic mass is 32.2. The van der Waals surface area contributed by atoms with E-state index in [-0.39, 0.29) is 32.6 Å². The Hall–Kier alpha value is -3.76. The number of nitrogens with zero attached hydrogens (tertiary/aromatic N) is 1. The number of aromatic nitrogens is 1. The number of thioether (sulfide) groups is 1. The van der Waals surface area contributed by atoms with Gasteiger partial charge in [0, 0.05) is 11.6 Å². The molecule has 0 radical (unpaired) electrons. The van der Waals surface area contributed by atoms with Gasteiger partial charge in [0.15, 0.2) is 0 Å². The smallest absolute Gasteiger partial charge is 0.234 e. The summed E-state index contributed by atoms with van der Waals surface area (Å²) in [6, 6.07) is 21.9. The highest BCUT2D eigenvalue weighted by Gasteiger charge is 2.29. The zero-order chi connectivity index (χ0) is 24.8. The summed E-state index contributed by atoms with van der Waals surface area (Å²) in [5, 5.41) is 2.56. The number of benzene rings is 3. The van der Waals surface area contributed by atoms with Crippen LogP contribution in [0.4, 0.5) is 5.69 Å². The molecule has 0 spiro atoms. The average molecular weight is 511 g/mol. The molecule has 0 unspecified atom stereocenters. The van der Waals surface area contributed by atoms with Crippen molar-refractivity contribution in [3.05, 3.63) is 78.9 Å². The number of anilines is 1. The molecule has 0 aliphatic heterocycles. The molecule has 3 aromatic carbocycles. The Morgan fingerprint density at radius 3 is 2.31 bits per heavy atom. The van der Waals surface area contributed by atoms with Crippen LogP contribution in [0.25, 0.3) is 11.5 Å². The zero-order valence-corrected chi connectivity index (χ0v) is 20.6. The lowest BCUT2D eigenvalue weighted by molar-refractivity contribution is -0.113. The van der Waals surface area contributed by atoms with Crippen molar-refractivity contribution < 1.29 is 27.1 Å². The monoisotopic (exact) mass is 510 g/mol. The molecular formula is C25H22N2O6S2. The minimum Gasteiger partial charge on any atom is -0.497 e. The van der Waals surface area contributed by atoms with Crippen molar-refractivity contribution in [2.45, 2.75) is 15.0 Å². The molecule has 8 nitrogen and oxygen atoms in total. The Kier molecular flexibility index (Phi) is 7.42. The van der Waals surface area contributed by atoms with E-state index in [0.717, 1.165) is 11.8 Å². The molecule has 1 amide bonds. The van der Waals surface area contributed by atoms with Crippen molar-refractivity contribution in [2.75, 3.05) is 25.3 Å². The van der Waals surface area contributed by atoms with Crippen LogP contribution in [-0.2, 0) is 14.6 Å². The largest absolute Gasteiger partial charge is 0.497 e. The van der Waals surface area contributed by atoms with Crippen molar-refractivity contribution in [1.29, 1.82) is 0 Å². The van der Waals surface area contributed by atoms with Crippen molar-refractivity contribution in [2.24, 2.45) is 0 Å². The van der Waals surface area contributed by atoms with E-state index >= 15 is 0 Å². The molecule has 0 atom stereocenters. The second-order valence-electron chi connectivity index (χ2n) is 7.20. The number of oxazole rings is 1. The highest BCUT2D eigenvalue weighted by molar-refractivity contribution is 8.00. The Morgan fingerprint density at radius 2 is 1.66 bits per heavy atom. The van der Waals surface area contributed by atoms with Gasteiger partial charge in [-0.1, -0.05) is 48.2 Å². The lowest BCUT2D eigenvalue weighted by Gasteiger charge is -2.11. The van der Waals surface area contributed by atoms with Crippen LogP contribution in [0.15, 0.2) is 98.3 Å². The molecule has 0 bridgehead atoms. The Morgan fingerprint density at radius 1 is 0.971 bits per heavy atom. The number of nitrogens with one attached hydrogen (secondary N) is 1. The summed E-state index contributed by atoms with van der Waals surface area (Å²) in [5.74, 6) is 0.677. The lowest BCUT2D eigenvalue weighted by atomic mass is 10.2. The maximum absolute atomic E-state index is 13.3. The van der Waals surface area contributed by atoms with E-state index in [1.165, 1.54) is 26.4 Å². The summed E-state index contributed by atoms with van der Waals surface area (Å²) in [7, 11) is -0.954. The van der Waals surface area contributed by atoms with Crippen molar-refractivity contribution in [3.63, 3.8) is 0 Å². The molecule has 1 N–H and O–H groups in total. The van der Waals surface area contributed by atoms with E-state index in [9.17, 15) is 13.2 Å². The molecule has 4 rings (SSSR count). The summed E-state index contributed by atoms with van der Waals surface area (Å²) in [6.45, 7) is 0. The molecule has 1 aromatic heterocycles. The van der Waals surface area contributed by atoms with E-state index in [2.05, 4.69) is 10.3 Å². The van der Waals surface area contributed by atoms with E-state index < -0.39 is 9.84 Å². The Balaban J connectivity index is 1.60. The first-order valence-electron chi connectivity index (χ1n) is 10.4. The van der Waals surface area contributed by atoms with Crippen molar-refractivity contribution >= 4 is 33.2 Å². The Bertz CT molecular complexity index is 1420. The fraction of sp³-hybridized carbons (Fsp3) is 0.120. The van der Waals surface area contributed by atoms with E-state index in [4.69, 9.17) is 13.9 Å². The Labute approximate surface area is 207 Å². The van der Waals surface area contributed by atoms with Crippen LogP contribution in [0, 0.1) is 0 Å². The number of rotatable bonds is 9. The SMILES string of the molecule is COc1ccc(NC(=O)CSc2oc(-c3ccccc3)nc2S(=O)(=O)c2ccccc2)c(OC)c1. The zero-order valence-electron chi connectivity index (χ0n) is 18.9. The van der Waals surface area contributed by atoms with Gasteiger partial charge in [0.25, 0.3) is 0 Å². The average Bonchev–Trinajstić information content (AvgIpc) is 3.34. The van der Waals surface area contributed by atoms with Gasteiger partial charge in [-0.3, -0.25) is 4.79 Å². The predicted molar refractivity (Wildman–Crippen MR) is 133 cm³/mol. The molecule has 0 fully saturated rings. The third-order valence-corrected chi connectivity index (χ3v) is 7.67. The standard InChI is InChI=1S/C25H22N2O6S2/c1-31-18-13-14-20(21(15-18)32-2)26-22(28)16-34-25-24(35(29,30)19-11-7-4-8-12-19)27-23(33-25)17-9-5-3-6-10-17/h3-15H,16H2,1-2H3,(H,26,28). The first kappa shape index (κ1) is 24.4. The molecule has 0 saturated heterocycles. The van der Waals surface area contributed by atoms with Gasteiger partial charge in [-0.2, -0.15) is 4.98 Å². The quantitative estimate of drug-likeness (QED) is 0.316. The second-order valence-corrected chi connectivity index (χ2v) is 10.0. The lowest BCUT2D eigenvalue weighted by Crippen LogP contribution is -2.15. The van der Waals surface area contributed by atoms with E-state index in [0.29, 0.717) is 22.7 Å². The summed E-state index contributed by atoms with van der Waals surface area (Å²) in [4.78, 5) is 17.1. The second kappa shape index (κ2) is 10.7. The van der Waals surface area contributed by atoms with Gasteiger partial charge >= 0.3 is 0 Å². The maximum atomic E-state index is 13.3. The number of ether oxygens (including phenoxy) is 2. The minimum atomic E-state index is -3.97. The normalized spacial score (nSPS) is 11.1. The van der Waals surface area contributed by atoms with Gasteiger partial charge in [-0.05, 0) is 36.4 Å². The number of hydrogen-bond donors (Lipinski definition) is 1. The molecule has 10 heteroatoms. The first-order chi connectivity index (χ1) is 16.9. The summed E-state index contributed by atoms with van der Waals surface area (Å²) < 4.78 is 42.9. The van der Waals surface area contributed by atoms with Crippen LogP contribution in [0.2, 0.25) is 0 Å². The van der Waals surface area contributed by atoms with Gasteiger partial charge in [-0.25, -0.2) is 8.42 Å². The molecule has 0 aliphatic rings. The van der Waals surface area contributed by atoms with Crippen molar-refractivity contribution in [1.82, 2.24) is 4.98 Å². The number of amides is 1. The fourth-order valence-corrected chi connectivity index (χ4v) is 5.54. The highest BCUT2D eigenvalue weighted by Crippen LogP contribution is 2.35. The number of carbonyl (C=O) groups excluding carboxylic acids is 1. The summed E-state index contributed by atoms with van der Waals surface area (Å²) in [5.41, 5.74) is 1.08. The molecule has 35 heavy (non-hydrogen) atoms. The molecule has 0 aliphatic carbocycles. The van der Waals surface area contributed by atoms with Crippen LogP contribution in [0.5, 0.6) is 11.5 Å². The third kappa shape index (κ3) is 5.50. The van der Waals surface area contributed by atoms with Gasteiger partial charge < -0.3 is 19.2 Å². The van der Waals surface area contributed by atoms with Crippen LogP contribution in [0.3, 0.4) is 0 Å². The predicted octanol–water partition coefficient (Wildman–Crippen LogP) is 4.92. The molecule has 0 saturated carbocycles. The third-order valence-electron chi connectivity index (χ3n) is 4.91. The van der Waals surface area contributed by atoms with Crippen LogP contribution >= 0.6 is 11.8 Å². The van der Waals surface area contributed by atoms with Gasteiger partial charge in [0.05, 0.1) is 30.6 Å². The van der Waals surface area contributed by atoms with Gasteiger partial charge in [-0.15, -0.1) is 0 Å². The summed E-state index contributed by atoms with van der Waals surface area (Å²) >= 11 is 0.947. The number of sulfone groups is 1. The molecule has 4 aromatic rings. The van der Waals surface area contributed by atoms with Crippen LogP contribution in [0.1, 0.15) is 0 Å². The summed E-state index contributed by atoms with van der Waals surface area (Å²) in [6.07, 6.45) is 0. The molecule has 1 heterocycles. The molecular weight excluding hydrogens is 488 g/mol. The topological polar surface area (TPSA) is 108 Å². The van der Waals surface area contributed by atoms with Crippen LogP contribution < -0.4 is 14.8 Å². The number of methoxy groups -OCH3 is 2. The molecule has 180 valence electrons. The van der Waals surface area contributed by atoms with Gasteiger partial charge in [0.1, 0.15) is 11.5 Å². The minimum absolute atomic E-state index is 0.0320. The number of hydrogen-bond acceptors (Lipinski definition) is 8. The van der Waals surface area contributed by atoms with E-state index in [1.54, 1.807) is 60.7 Å². The first-order valence-corrected chi connectivity index (χ1v) is 12.9. The van der Waals surface area contributed by atoms with Crippen LogP contribution in [-0.4, -0.2) is 39.3 Å². The van der Waals surface area contributed by atoms with Crippen molar-refractivity contribution in [3.8, 4) is 23.0 Å².